The smallest absolute Gasteiger partial charge is 0.227 e. The van der Waals surface area contributed by atoms with Crippen molar-refractivity contribution in [2.45, 2.75) is 19.3 Å². The van der Waals surface area contributed by atoms with E-state index in [1.165, 1.54) is 0 Å². The predicted octanol–water partition coefficient (Wildman–Crippen LogP) is 1.60. The molecule has 0 fully saturated rings. The molecule has 0 aliphatic rings. The van der Waals surface area contributed by atoms with Crippen molar-refractivity contribution in [3.05, 3.63) is 29.8 Å². The van der Waals surface area contributed by atoms with Gasteiger partial charge in [0.05, 0.1) is 5.92 Å². The van der Waals surface area contributed by atoms with Crippen molar-refractivity contribution in [1.29, 1.82) is 0 Å². The third kappa shape index (κ3) is 5.98. The van der Waals surface area contributed by atoms with E-state index in [0.717, 1.165) is 23.5 Å². The Bertz CT molecular complexity index is 399. The highest BCUT2D eigenvalue weighted by Gasteiger charge is 2.14. The molecule has 5 heteroatoms. The molecule has 1 aromatic rings. The third-order valence-corrected chi connectivity index (χ3v) is 3.87. The van der Waals surface area contributed by atoms with E-state index in [4.69, 9.17) is 10.8 Å². The Hall–Kier alpha value is -1.20. The van der Waals surface area contributed by atoms with E-state index in [2.05, 4.69) is 5.32 Å². The van der Waals surface area contributed by atoms with Crippen molar-refractivity contribution >= 4 is 23.4 Å². The Labute approximate surface area is 118 Å². The van der Waals surface area contributed by atoms with Gasteiger partial charge in [-0.1, -0.05) is 12.1 Å². The maximum absolute atomic E-state index is 11.9. The second-order valence-electron chi connectivity index (χ2n) is 4.37. The first-order chi connectivity index (χ1) is 9.15. The van der Waals surface area contributed by atoms with E-state index in [1.807, 2.05) is 31.2 Å². The number of rotatable bonds is 8. The van der Waals surface area contributed by atoms with Crippen molar-refractivity contribution in [2.24, 2.45) is 0 Å². The second kappa shape index (κ2) is 8.82. The highest BCUT2D eigenvalue weighted by molar-refractivity contribution is 7.99. The van der Waals surface area contributed by atoms with Crippen LogP contribution in [0.4, 0.5) is 5.69 Å². The molecular formula is C14H22N2O2S. The molecule has 0 saturated heterocycles. The quantitative estimate of drug-likeness (QED) is 0.500. The number of anilines is 1. The molecule has 0 aromatic heterocycles. The van der Waals surface area contributed by atoms with Gasteiger partial charge in [-0.25, -0.2) is 0 Å². The van der Waals surface area contributed by atoms with Gasteiger partial charge in [0.25, 0.3) is 0 Å². The highest BCUT2D eigenvalue weighted by atomic mass is 32.2. The fourth-order valence-electron chi connectivity index (χ4n) is 1.65. The Morgan fingerprint density at radius 2 is 2.26 bits per heavy atom. The summed E-state index contributed by atoms with van der Waals surface area (Å²) in [5.41, 5.74) is 7.32. The lowest BCUT2D eigenvalue weighted by atomic mass is 10.00. The lowest BCUT2D eigenvalue weighted by molar-refractivity contribution is -0.122. The van der Waals surface area contributed by atoms with Crippen LogP contribution in [0.3, 0.4) is 0 Å². The maximum Gasteiger partial charge on any atom is 0.227 e. The molecule has 19 heavy (non-hydrogen) atoms. The molecule has 0 bridgehead atoms. The van der Waals surface area contributed by atoms with Crippen LogP contribution in [0.2, 0.25) is 0 Å². The standard InChI is InChI=1S/C14H22N2O2S/c1-11(12-4-2-5-13(15)10-12)14(18)16-6-9-19-8-3-7-17/h2,4-5,10-11,17H,3,6-9,15H2,1H3,(H,16,18). The van der Waals surface area contributed by atoms with Crippen LogP contribution in [0.25, 0.3) is 0 Å². The molecule has 106 valence electrons. The monoisotopic (exact) mass is 282 g/mol. The summed E-state index contributed by atoms with van der Waals surface area (Å²) in [5.74, 6) is 1.63. The number of nitrogens with one attached hydrogen (secondary N) is 1. The number of thioether (sulfide) groups is 1. The van der Waals surface area contributed by atoms with Gasteiger partial charge in [0.15, 0.2) is 0 Å². The van der Waals surface area contributed by atoms with Crippen LogP contribution in [-0.2, 0) is 4.79 Å². The first kappa shape index (κ1) is 15.9. The van der Waals surface area contributed by atoms with Crippen LogP contribution < -0.4 is 11.1 Å². The zero-order valence-corrected chi connectivity index (χ0v) is 12.1. The summed E-state index contributed by atoms with van der Waals surface area (Å²) in [6, 6.07) is 7.42. The minimum absolute atomic E-state index is 0.0216. The van der Waals surface area contributed by atoms with Gasteiger partial charge in [-0.3, -0.25) is 4.79 Å². The van der Waals surface area contributed by atoms with E-state index >= 15 is 0 Å². The predicted molar refractivity (Wildman–Crippen MR) is 81.3 cm³/mol. The first-order valence-electron chi connectivity index (χ1n) is 6.47. The largest absolute Gasteiger partial charge is 0.399 e. The summed E-state index contributed by atoms with van der Waals surface area (Å²) in [6.07, 6.45) is 0.804. The summed E-state index contributed by atoms with van der Waals surface area (Å²) in [7, 11) is 0. The number of nitrogen functional groups attached to an aromatic ring is 1. The fraction of sp³-hybridized carbons (Fsp3) is 0.500. The molecule has 4 nitrogen and oxygen atoms in total. The summed E-state index contributed by atoms with van der Waals surface area (Å²) in [5, 5.41) is 11.6. The average molecular weight is 282 g/mol. The molecule has 1 atom stereocenters. The molecule has 0 spiro atoms. The van der Waals surface area contributed by atoms with E-state index in [1.54, 1.807) is 11.8 Å². The summed E-state index contributed by atoms with van der Waals surface area (Å²) < 4.78 is 0. The van der Waals surface area contributed by atoms with Gasteiger partial charge in [0.2, 0.25) is 5.91 Å². The van der Waals surface area contributed by atoms with Crippen LogP contribution in [0.1, 0.15) is 24.8 Å². The SMILES string of the molecule is CC(C(=O)NCCSCCCO)c1cccc(N)c1. The normalized spacial score (nSPS) is 12.1. The fourth-order valence-corrected chi connectivity index (χ4v) is 2.43. The van der Waals surface area contributed by atoms with E-state index < -0.39 is 0 Å². The van der Waals surface area contributed by atoms with Gasteiger partial charge >= 0.3 is 0 Å². The van der Waals surface area contributed by atoms with Gasteiger partial charge < -0.3 is 16.2 Å². The van der Waals surface area contributed by atoms with Gasteiger partial charge in [0, 0.05) is 24.6 Å². The number of aliphatic hydroxyl groups excluding tert-OH is 1. The van der Waals surface area contributed by atoms with Crippen LogP contribution in [-0.4, -0.2) is 35.7 Å². The summed E-state index contributed by atoms with van der Waals surface area (Å²) in [6.45, 7) is 2.76. The van der Waals surface area contributed by atoms with Crippen LogP contribution in [0, 0.1) is 0 Å². The highest BCUT2D eigenvalue weighted by Crippen LogP contribution is 2.17. The molecule has 0 heterocycles. The minimum Gasteiger partial charge on any atom is -0.399 e. The molecule has 0 radical (unpaired) electrons. The van der Waals surface area contributed by atoms with E-state index in [9.17, 15) is 4.79 Å². The third-order valence-electron chi connectivity index (χ3n) is 2.80. The number of amides is 1. The Balaban J connectivity index is 2.29. The molecule has 1 aromatic carbocycles. The molecule has 1 unspecified atom stereocenters. The number of benzene rings is 1. The molecule has 1 rings (SSSR count). The van der Waals surface area contributed by atoms with E-state index in [-0.39, 0.29) is 18.4 Å². The summed E-state index contributed by atoms with van der Waals surface area (Å²) in [4.78, 5) is 11.9. The zero-order chi connectivity index (χ0) is 14.1. The molecule has 0 aliphatic carbocycles. The first-order valence-corrected chi connectivity index (χ1v) is 7.62. The van der Waals surface area contributed by atoms with Gasteiger partial charge in [-0.05, 0) is 36.8 Å². The zero-order valence-electron chi connectivity index (χ0n) is 11.3. The lowest BCUT2D eigenvalue weighted by Crippen LogP contribution is -2.30. The number of hydrogen-bond acceptors (Lipinski definition) is 4. The van der Waals surface area contributed by atoms with Crippen molar-refractivity contribution in [1.82, 2.24) is 5.32 Å². The van der Waals surface area contributed by atoms with Crippen LogP contribution in [0.15, 0.2) is 24.3 Å². The number of carbonyl (C=O) groups excluding carboxylic acids is 1. The number of nitrogens with two attached hydrogens (primary N) is 1. The van der Waals surface area contributed by atoms with Gasteiger partial charge in [-0.2, -0.15) is 11.8 Å². The lowest BCUT2D eigenvalue weighted by Gasteiger charge is -2.13. The Kier molecular flexibility index (Phi) is 7.36. The van der Waals surface area contributed by atoms with Crippen molar-refractivity contribution in [3.63, 3.8) is 0 Å². The van der Waals surface area contributed by atoms with E-state index in [0.29, 0.717) is 12.2 Å². The van der Waals surface area contributed by atoms with Crippen molar-refractivity contribution in [2.75, 3.05) is 30.4 Å². The number of aliphatic hydroxyl groups is 1. The van der Waals surface area contributed by atoms with Crippen LogP contribution >= 0.6 is 11.8 Å². The van der Waals surface area contributed by atoms with Gasteiger partial charge in [0.1, 0.15) is 0 Å². The molecular weight excluding hydrogens is 260 g/mol. The molecule has 0 saturated carbocycles. The molecule has 0 aliphatic heterocycles. The average Bonchev–Trinajstić information content (AvgIpc) is 2.41. The molecule has 1 amide bonds. The number of hydrogen-bond donors (Lipinski definition) is 3. The van der Waals surface area contributed by atoms with Crippen LogP contribution in [0.5, 0.6) is 0 Å². The second-order valence-corrected chi connectivity index (χ2v) is 5.60. The Morgan fingerprint density at radius 1 is 1.47 bits per heavy atom. The Morgan fingerprint density at radius 3 is 2.95 bits per heavy atom. The maximum atomic E-state index is 11.9. The minimum atomic E-state index is -0.189. The molecule has 4 N–H and O–H groups in total. The van der Waals surface area contributed by atoms with Crippen molar-refractivity contribution in [3.8, 4) is 0 Å². The topological polar surface area (TPSA) is 75.3 Å². The van der Waals surface area contributed by atoms with Gasteiger partial charge in [-0.15, -0.1) is 0 Å². The van der Waals surface area contributed by atoms with Crippen molar-refractivity contribution < 1.29 is 9.90 Å². The summed E-state index contributed by atoms with van der Waals surface area (Å²) >= 11 is 1.74. The number of carbonyl (C=O) groups is 1.